The zero-order valence-electron chi connectivity index (χ0n) is 15.9. The predicted octanol–water partition coefficient (Wildman–Crippen LogP) is 2.34. The molecule has 3 aromatic heterocycles. The number of fused-ring (bicyclic) bond motifs is 2. The summed E-state index contributed by atoms with van der Waals surface area (Å²) in [6.45, 7) is 3.31. The van der Waals surface area contributed by atoms with Gasteiger partial charge in [0.2, 0.25) is 0 Å². The normalized spacial score (nSPS) is 15.6. The molecule has 0 N–H and O–H groups in total. The number of hydrogen-bond acceptors (Lipinski definition) is 5. The number of hydrogen-bond donors (Lipinski definition) is 0. The van der Waals surface area contributed by atoms with Crippen LogP contribution in [0.5, 0.6) is 0 Å². The van der Waals surface area contributed by atoms with Crippen LogP contribution in [0.1, 0.15) is 40.8 Å². The predicted molar refractivity (Wildman–Crippen MR) is 104 cm³/mol. The van der Waals surface area contributed by atoms with Crippen molar-refractivity contribution in [3.05, 3.63) is 53.6 Å². The van der Waals surface area contributed by atoms with Crippen molar-refractivity contribution in [1.82, 2.24) is 34.5 Å². The zero-order chi connectivity index (χ0) is 19.3. The summed E-state index contributed by atoms with van der Waals surface area (Å²) in [4.78, 5) is 15.0. The maximum absolute atomic E-state index is 13.1. The topological polar surface area (TPSA) is 81.2 Å². The minimum atomic E-state index is -0.00433. The Bertz CT molecular complexity index is 1180. The van der Waals surface area contributed by atoms with Crippen molar-refractivity contribution in [2.45, 2.75) is 25.7 Å². The van der Waals surface area contributed by atoms with E-state index in [0.717, 1.165) is 40.9 Å². The van der Waals surface area contributed by atoms with Gasteiger partial charge in [0, 0.05) is 31.4 Å². The van der Waals surface area contributed by atoms with Gasteiger partial charge in [-0.15, -0.1) is 10.2 Å². The number of rotatable bonds is 2. The van der Waals surface area contributed by atoms with E-state index in [1.807, 2.05) is 59.8 Å². The van der Waals surface area contributed by atoms with Gasteiger partial charge < -0.3 is 4.90 Å². The number of aryl methyl sites for hydroxylation is 2. The van der Waals surface area contributed by atoms with E-state index in [9.17, 15) is 4.79 Å². The Morgan fingerprint density at radius 2 is 1.82 bits per heavy atom. The van der Waals surface area contributed by atoms with Crippen molar-refractivity contribution in [2.75, 3.05) is 13.1 Å². The molecule has 0 radical (unpaired) electrons. The molecule has 0 spiro atoms. The summed E-state index contributed by atoms with van der Waals surface area (Å²) >= 11 is 0. The molecule has 5 rings (SSSR count). The van der Waals surface area contributed by atoms with Gasteiger partial charge in [-0.25, -0.2) is 0 Å². The van der Waals surface area contributed by atoms with Gasteiger partial charge in [-0.3, -0.25) is 9.48 Å². The van der Waals surface area contributed by atoms with E-state index in [-0.39, 0.29) is 11.8 Å². The maximum atomic E-state index is 13.1. The van der Waals surface area contributed by atoms with Crippen LogP contribution in [0.25, 0.3) is 16.6 Å². The fourth-order valence-corrected chi connectivity index (χ4v) is 4.01. The molecule has 28 heavy (non-hydrogen) atoms. The Hall–Kier alpha value is -3.29. The molecule has 4 aromatic rings. The molecule has 1 aromatic carbocycles. The molecular weight excluding hydrogens is 354 g/mol. The van der Waals surface area contributed by atoms with Crippen LogP contribution in [0.4, 0.5) is 0 Å². The summed E-state index contributed by atoms with van der Waals surface area (Å²) in [6, 6.07) is 11.7. The van der Waals surface area contributed by atoms with Gasteiger partial charge in [-0.1, -0.05) is 18.2 Å². The number of nitrogens with zero attached hydrogens (tertiary/aromatic N) is 7. The molecule has 0 atom stereocenters. The van der Waals surface area contributed by atoms with Crippen LogP contribution in [0.3, 0.4) is 0 Å². The molecule has 8 nitrogen and oxygen atoms in total. The van der Waals surface area contributed by atoms with Gasteiger partial charge in [0.25, 0.3) is 5.91 Å². The van der Waals surface area contributed by atoms with Gasteiger partial charge in [-0.2, -0.15) is 14.7 Å². The number of aromatic nitrogens is 6. The molecule has 0 saturated carbocycles. The summed E-state index contributed by atoms with van der Waals surface area (Å²) in [6.07, 6.45) is 1.68. The quantitative estimate of drug-likeness (QED) is 0.537. The summed E-state index contributed by atoms with van der Waals surface area (Å²) in [5.74, 6) is 1.12. The fourth-order valence-electron chi connectivity index (χ4n) is 4.01. The van der Waals surface area contributed by atoms with Crippen LogP contribution in [-0.2, 0) is 7.05 Å². The number of para-hydroxylation sites is 1. The smallest absolute Gasteiger partial charge is 0.275 e. The summed E-state index contributed by atoms with van der Waals surface area (Å²) in [5, 5.41) is 18.5. The molecule has 0 aliphatic carbocycles. The average molecular weight is 375 g/mol. The van der Waals surface area contributed by atoms with Crippen molar-refractivity contribution < 1.29 is 4.79 Å². The van der Waals surface area contributed by atoms with E-state index >= 15 is 0 Å². The van der Waals surface area contributed by atoms with Gasteiger partial charge in [0.05, 0.1) is 11.2 Å². The molecule has 8 heteroatoms. The third-order valence-corrected chi connectivity index (χ3v) is 5.53. The molecule has 1 saturated heterocycles. The number of benzene rings is 1. The second-order valence-corrected chi connectivity index (χ2v) is 7.36. The summed E-state index contributed by atoms with van der Waals surface area (Å²) in [7, 11) is 1.87. The highest BCUT2D eigenvalue weighted by Gasteiger charge is 2.29. The number of carbonyl (C=O) groups is 1. The summed E-state index contributed by atoms with van der Waals surface area (Å²) < 4.78 is 3.61. The average Bonchev–Trinajstić information content (AvgIpc) is 3.29. The second kappa shape index (κ2) is 6.40. The number of piperidine rings is 1. The molecule has 1 amide bonds. The van der Waals surface area contributed by atoms with Crippen molar-refractivity contribution in [3.8, 4) is 0 Å². The molecule has 4 heterocycles. The van der Waals surface area contributed by atoms with E-state index < -0.39 is 0 Å². The van der Waals surface area contributed by atoms with Crippen molar-refractivity contribution >= 4 is 22.5 Å². The Balaban J connectivity index is 1.36. The van der Waals surface area contributed by atoms with Gasteiger partial charge in [0.1, 0.15) is 0 Å². The van der Waals surface area contributed by atoms with Crippen LogP contribution in [0.15, 0.2) is 36.4 Å². The van der Waals surface area contributed by atoms with Crippen LogP contribution in [0.2, 0.25) is 0 Å². The van der Waals surface area contributed by atoms with Crippen molar-refractivity contribution in [1.29, 1.82) is 0 Å². The lowest BCUT2D eigenvalue weighted by molar-refractivity contribution is 0.0706. The molecule has 1 fully saturated rings. The SMILES string of the molecule is Cc1ccc2nnc(C3CCN(C(=O)c4nn(C)c5ccccc45)CC3)n2n1. The maximum Gasteiger partial charge on any atom is 0.275 e. The highest BCUT2D eigenvalue weighted by atomic mass is 16.2. The molecular formula is C20H21N7O. The third kappa shape index (κ3) is 2.64. The monoisotopic (exact) mass is 375 g/mol. The zero-order valence-corrected chi connectivity index (χ0v) is 15.9. The third-order valence-electron chi connectivity index (χ3n) is 5.53. The first-order chi connectivity index (χ1) is 13.6. The Morgan fingerprint density at radius 3 is 2.64 bits per heavy atom. The number of carbonyl (C=O) groups excluding carboxylic acids is 1. The molecule has 0 bridgehead atoms. The van der Waals surface area contributed by atoms with Crippen LogP contribution >= 0.6 is 0 Å². The first-order valence-corrected chi connectivity index (χ1v) is 9.52. The summed E-state index contributed by atoms with van der Waals surface area (Å²) in [5.41, 5.74) is 3.20. The largest absolute Gasteiger partial charge is 0.337 e. The fraction of sp³-hybridized carbons (Fsp3) is 0.350. The highest BCUT2D eigenvalue weighted by molar-refractivity contribution is 6.04. The van der Waals surface area contributed by atoms with Crippen LogP contribution in [0, 0.1) is 6.92 Å². The van der Waals surface area contributed by atoms with E-state index in [1.165, 1.54) is 0 Å². The highest BCUT2D eigenvalue weighted by Crippen LogP contribution is 2.28. The van der Waals surface area contributed by atoms with Crippen LogP contribution < -0.4 is 0 Å². The lowest BCUT2D eigenvalue weighted by Gasteiger charge is -2.30. The minimum absolute atomic E-state index is 0.00433. The first-order valence-electron chi connectivity index (χ1n) is 9.52. The minimum Gasteiger partial charge on any atom is -0.337 e. The molecule has 142 valence electrons. The lowest BCUT2D eigenvalue weighted by atomic mass is 9.96. The van der Waals surface area contributed by atoms with Crippen LogP contribution in [-0.4, -0.2) is 53.5 Å². The molecule has 0 unspecified atom stereocenters. The van der Waals surface area contributed by atoms with E-state index in [0.29, 0.717) is 18.8 Å². The van der Waals surface area contributed by atoms with E-state index in [2.05, 4.69) is 20.4 Å². The Morgan fingerprint density at radius 1 is 1.04 bits per heavy atom. The lowest BCUT2D eigenvalue weighted by Crippen LogP contribution is -2.38. The number of amides is 1. The Labute approximate surface area is 161 Å². The molecule has 1 aliphatic rings. The number of likely N-dealkylation sites (tertiary alicyclic amines) is 1. The van der Waals surface area contributed by atoms with Gasteiger partial charge in [-0.05, 0) is 38.0 Å². The second-order valence-electron chi connectivity index (χ2n) is 7.36. The standard InChI is InChI=1S/C20H21N7O/c1-13-7-8-17-21-22-19(27(17)23-13)14-9-11-26(12-10-14)20(28)18-15-5-3-4-6-16(15)25(2)24-18/h3-8,14H,9-12H2,1-2H3. The van der Waals surface area contributed by atoms with Crippen molar-refractivity contribution in [2.24, 2.45) is 7.05 Å². The van der Waals surface area contributed by atoms with Crippen molar-refractivity contribution in [3.63, 3.8) is 0 Å². The molecule has 1 aliphatic heterocycles. The van der Waals surface area contributed by atoms with Gasteiger partial charge >= 0.3 is 0 Å². The van der Waals surface area contributed by atoms with Gasteiger partial charge in [0.15, 0.2) is 17.2 Å². The van der Waals surface area contributed by atoms with E-state index in [4.69, 9.17) is 0 Å². The Kier molecular flexibility index (Phi) is 3.85. The van der Waals surface area contributed by atoms with E-state index in [1.54, 1.807) is 4.68 Å². The first kappa shape index (κ1) is 16.9.